The Morgan fingerprint density at radius 2 is 1.81 bits per heavy atom. The average Bonchev–Trinajstić information content (AvgIpc) is 2.47. The van der Waals surface area contributed by atoms with Crippen LogP contribution in [0.1, 0.15) is 44.2 Å². The molecule has 0 saturated carbocycles. The Kier molecular flexibility index (Phi) is 5.14. The molecule has 0 unspecified atom stereocenters. The molecule has 2 N–H and O–H groups in total. The first kappa shape index (κ1) is 15.3. The number of anilines is 3. The Labute approximate surface area is 127 Å². The quantitative estimate of drug-likeness (QED) is 0.821. The molecule has 2 aromatic rings. The third-order valence-electron chi connectivity index (χ3n) is 3.40. The SMILES string of the molecule is CCCNc1ncnc(Nc2ccccc2C)c1C(C)C. The minimum Gasteiger partial charge on any atom is -0.370 e. The van der Waals surface area contributed by atoms with Crippen LogP contribution in [0.25, 0.3) is 0 Å². The van der Waals surface area contributed by atoms with Crippen LogP contribution in [0.5, 0.6) is 0 Å². The van der Waals surface area contributed by atoms with E-state index in [1.54, 1.807) is 6.33 Å². The van der Waals surface area contributed by atoms with Gasteiger partial charge >= 0.3 is 0 Å². The number of aromatic nitrogens is 2. The van der Waals surface area contributed by atoms with Gasteiger partial charge in [-0.25, -0.2) is 9.97 Å². The zero-order valence-electron chi connectivity index (χ0n) is 13.3. The third kappa shape index (κ3) is 3.72. The number of nitrogens with one attached hydrogen (secondary N) is 2. The van der Waals surface area contributed by atoms with Crippen molar-refractivity contribution in [3.05, 3.63) is 41.7 Å². The third-order valence-corrected chi connectivity index (χ3v) is 3.40. The largest absolute Gasteiger partial charge is 0.370 e. The number of benzene rings is 1. The monoisotopic (exact) mass is 284 g/mol. The minimum atomic E-state index is 0.345. The fourth-order valence-electron chi connectivity index (χ4n) is 2.27. The number of aryl methyl sites for hydroxylation is 1. The highest BCUT2D eigenvalue weighted by Crippen LogP contribution is 2.31. The van der Waals surface area contributed by atoms with Gasteiger partial charge in [0.25, 0.3) is 0 Å². The predicted molar refractivity (Wildman–Crippen MR) is 89.4 cm³/mol. The first-order valence-corrected chi connectivity index (χ1v) is 7.54. The normalized spacial score (nSPS) is 10.7. The van der Waals surface area contributed by atoms with Crippen LogP contribution in [0.3, 0.4) is 0 Å². The lowest BCUT2D eigenvalue weighted by Gasteiger charge is -2.18. The lowest BCUT2D eigenvalue weighted by molar-refractivity contribution is 0.844. The molecular formula is C17H24N4. The Morgan fingerprint density at radius 1 is 1.10 bits per heavy atom. The standard InChI is InChI=1S/C17H24N4/c1-5-10-18-16-15(12(2)3)17(20-11-19-16)21-14-9-7-6-8-13(14)4/h6-9,11-12H,5,10H2,1-4H3,(H2,18,19,20,21). The van der Waals surface area contributed by atoms with Crippen molar-refractivity contribution >= 4 is 17.3 Å². The summed E-state index contributed by atoms with van der Waals surface area (Å²) in [5.41, 5.74) is 3.42. The Balaban J connectivity index is 2.36. The van der Waals surface area contributed by atoms with Crippen molar-refractivity contribution in [2.75, 3.05) is 17.2 Å². The molecule has 1 heterocycles. The summed E-state index contributed by atoms with van der Waals surface area (Å²) in [6.07, 6.45) is 2.69. The molecule has 0 aliphatic heterocycles. The van der Waals surface area contributed by atoms with Crippen LogP contribution in [0, 0.1) is 6.92 Å². The molecule has 0 bridgehead atoms. The second kappa shape index (κ2) is 7.07. The van der Waals surface area contributed by atoms with Gasteiger partial charge in [0, 0.05) is 17.8 Å². The summed E-state index contributed by atoms with van der Waals surface area (Å²) < 4.78 is 0. The Morgan fingerprint density at radius 3 is 2.48 bits per heavy atom. The summed E-state index contributed by atoms with van der Waals surface area (Å²) in [6.45, 7) is 9.49. The van der Waals surface area contributed by atoms with E-state index in [1.165, 1.54) is 5.56 Å². The van der Waals surface area contributed by atoms with E-state index in [0.29, 0.717) is 5.92 Å². The molecule has 1 aromatic carbocycles. The number of hydrogen-bond acceptors (Lipinski definition) is 4. The Bertz CT molecular complexity index is 593. The average molecular weight is 284 g/mol. The highest BCUT2D eigenvalue weighted by molar-refractivity contribution is 5.67. The molecule has 21 heavy (non-hydrogen) atoms. The Hall–Kier alpha value is -2.10. The van der Waals surface area contributed by atoms with Gasteiger partial charge in [-0.05, 0) is 30.9 Å². The molecule has 0 aliphatic carbocycles. The molecule has 0 aliphatic rings. The van der Waals surface area contributed by atoms with Gasteiger partial charge in [-0.15, -0.1) is 0 Å². The van der Waals surface area contributed by atoms with Crippen molar-refractivity contribution in [2.45, 2.75) is 40.0 Å². The van der Waals surface area contributed by atoms with Gasteiger partial charge in [0.2, 0.25) is 0 Å². The zero-order valence-corrected chi connectivity index (χ0v) is 13.3. The van der Waals surface area contributed by atoms with Crippen LogP contribution in [-0.4, -0.2) is 16.5 Å². The lowest BCUT2D eigenvalue weighted by Crippen LogP contribution is -2.10. The molecule has 4 heteroatoms. The molecule has 0 saturated heterocycles. The summed E-state index contributed by atoms with van der Waals surface area (Å²) in [7, 11) is 0. The first-order chi connectivity index (χ1) is 10.1. The van der Waals surface area contributed by atoms with Gasteiger partial charge in [-0.1, -0.05) is 39.0 Å². The van der Waals surface area contributed by atoms with Crippen LogP contribution in [0.4, 0.5) is 17.3 Å². The van der Waals surface area contributed by atoms with E-state index in [1.807, 2.05) is 12.1 Å². The predicted octanol–water partition coefficient (Wildman–Crippen LogP) is 4.47. The van der Waals surface area contributed by atoms with Crippen LogP contribution in [0.15, 0.2) is 30.6 Å². The van der Waals surface area contributed by atoms with Crippen molar-refractivity contribution in [2.24, 2.45) is 0 Å². The smallest absolute Gasteiger partial charge is 0.139 e. The number of rotatable bonds is 6. The van der Waals surface area contributed by atoms with Crippen LogP contribution >= 0.6 is 0 Å². The van der Waals surface area contributed by atoms with E-state index in [2.05, 4.69) is 60.4 Å². The summed E-state index contributed by atoms with van der Waals surface area (Å²) in [5.74, 6) is 2.16. The fraction of sp³-hybridized carbons (Fsp3) is 0.412. The highest BCUT2D eigenvalue weighted by atomic mass is 15.1. The summed E-state index contributed by atoms with van der Waals surface area (Å²) in [5, 5.41) is 6.84. The second-order valence-corrected chi connectivity index (χ2v) is 5.51. The van der Waals surface area contributed by atoms with E-state index < -0.39 is 0 Å². The number of para-hydroxylation sites is 1. The number of hydrogen-bond donors (Lipinski definition) is 2. The van der Waals surface area contributed by atoms with Gasteiger partial charge in [0.1, 0.15) is 18.0 Å². The molecular weight excluding hydrogens is 260 g/mol. The minimum absolute atomic E-state index is 0.345. The molecule has 112 valence electrons. The molecule has 0 spiro atoms. The van der Waals surface area contributed by atoms with Gasteiger partial charge in [0.15, 0.2) is 0 Å². The molecule has 0 amide bonds. The maximum absolute atomic E-state index is 4.44. The van der Waals surface area contributed by atoms with Gasteiger partial charge in [-0.2, -0.15) is 0 Å². The molecule has 4 nitrogen and oxygen atoms in total. The summed E-state index contributed by atoms with van der Waals surface area (Å²) >= 11 is 0. The summed E-state index contributed by atoms with van der Waals surface area (Å²) in [4.78, 5) is 8.84. The maximum atomic E-state index is 4.44. The number of nitrogens with zero attached hydrogens (tertiary/aromatic N) is 2. The first-order valence-electron chi connectivity index (χ1n) is 7.54. The van der Waals surface area contributed by atoms with E-state index in [4.69, 9.17) is 0 Å². The second-order valence-electron chi connectivity index (χ2n) is 5.51. The van der Waals surface area contributed by atoms with Crippen LogP contribution < -0.4 is 10.6 Å². The maximum Gasteiger partial charge on any atom is 0.139 e. The molecule has 1 aromatic heterocycles. The van der Waals surface area contributed by atoms with E-state index in [9.17, 15) is 0 Å². The van der Waals surface area contributed by atoms with Crippen LogP contribution in [-0.2, 0) is 0 Å². The van der Waals surface area contributed by atoms with Crippen molar-refractivity contribution in [3.8, 4) is 0 Å². The highest BCUT2D eigenvalue weighted by Gasteiger charge is 2.15. The summed E-state index contributed by atoms with van der Waals surface area (Å²) in [6, 6.07) is 8.23. The topological polar surface area (TPSA) is 49.8 Å². The van der Waals surface area contributed by atoms with E-state index in [-0.39, 0.29) is 0 Å². The van der Waals surface area contributed by atoms with Gasteiger partial charge < -0.3 is 10.6 Å². The van der Waals surface area contributed by atoms with E-state index >= 15 is 0 Å². The van der Waals surface area contributed by atoms with Crippen molar-refractivity contribution in [3.63, 3.8) is 0 Å². The van der Waals surface area contributed by atoms with Crippen molar-refractivity contribution in [1.29, 1.82) is 0 Å². The van der Waals surface area contributed by atoms with E-state index in [0.717, 1.165) is 35.9 Å². The van der Waals surface area contributed by atoms with Crippen molar-refractivity contribution < 1.29 is 0 Å². The van der Waals surface area contributed by atoms with Crippen LogP contribution in [0.2, 0.25) is 0 Å². The molecule has 2 rings (SSSR count). The molecule has 0 atom stereocenters. The van der Waals surface area contributed by atoms with Crippen molar-refractivity contribution in [1.82, 2.24) is 9.97 Å². The zero-order chi connectivity index (χ0) is 15.2. The fourth-order valence-corrected chi connectivity index (χ4v) is 2.27. The lowest BCUT2D eigenvalue weighted by atomic mass is 10.0. The van der Waals surface area contributed by atoms with Gasteiger partial charge in [0.05, 0.1) is 0 Å². The molecule has 0 fully saturated rings. The molecule has 0 radical (unpaired) electrons. The van der Waals surface area contributed by atoms with Gasteiger partial charge in [-0.3, -0.25) is 0 Å².